The first-order valence-electron chi connectivity index (χ1n) is 4.40. The fourth-order valence-electron chi connectivity index (χ4n) is 1.48. The van der Waals surface area contributed by atoms with Crippen LogP contribution in [0.5, 0.6) is 0 Å². The van der Waals surface area contributed by atoms with E-state index in [1.807, 2.05) is 12.1 Å². The highest BCUT2D eigenvalue weighted by Gasteiger charge is 2.09. The Bertz CT molecular complexity index is 405. The van der Waals surface area contributed by atoms with Crippen molar-refractivity contribution in [2.24, 2.45) is 0 Å². The molecule has 0 unspecified atom stereocenters. The molecule has 0 radical (unpaired) electrons. The van der Waals surface area contributed by atoms with Crippen LogP contribution in [0, 0.1) is 0 Å². The molecule has 1 aromatic carbocycles. The zero-order valence-corrected chi connectivity index (χ0v) is 8.34. The van der Waals surface area contributed by atoms with E-state index in [2.05, 4.69) is 24.4 Å². The summed E-state index contributed by atoms with van der Waals surface area (Å²) in [7, 11) is 0. The van der Waals surface area contributed by atoms with Gasteiger partial charge < -0.3 is 5.11 Å². The van der Waals surface area contributed by atoms with Gasteiger partial charge in [-0.3, -0.25) is 0 Å². The highest BCUT2D eigenvalue weighted by molar-refractivity contribution is 7.17. The summed E-state index contributed by atoms with van der Waals surface area (Å²) < 4.78 is 1.30. The molecule has 0 spiro atoms. The number of aliphatic hydroxyl groups excluding tert-OH is 1. The molecular formula is C11H12OS. The van der Waals surface area contributed by atoms with Crippen molar-refractivity contribution < 1.29 is 5.11 Å². The van der Waals surface area contributed by atoms with Crippen LogP contribution >= 0.6 is 11.3 Å². The molecule has 68 valence electrons. The molecule has 0 aliphatic rings. The van der Waals surface area contributed by atoms with Crippen LogP contribution in [0.3, 0.4) is 0 Å². The van der Waals surface area contributed by atoms with Gasteiger partial charge in [-0.25, -0.2) is 0 Å². The van der Waals surface area contributed by atoms with Crippen molar-refractivity contribution in [3.8, 4) is 0 Å². The van der Waals surface area contributed by atoms with Gasteiger partial charge in [-0.2, -0.15) is 0 Å². The summed E-state index contributed by atoms with van der Waals surface area (Å²) in [5.74, 6) is 0.246. The zero-order chi connectivity index (χ0) is 9.26. The van der Waals surface area contributed by atoms with Crippen LogP contribution in [0.25, 0.3) is 10.1 Å². The summed E-state index contributed by atoms with van der Waals surface area (Å²) in [5, 5.41) is 12.5. The van der Waals surface area contributed by atoms with E-state index in [9.17, 15) is 0 Å². The minimum atomic E-state index is 0.223. The third-order valence-corrected chi connectivity index (χ3v) is 3.30. The number of rotatable bonds is 2. The minimum absolute atomic E-state index is 0.223. The summed E-state index contributed by atoms with van der Waals surface area (Å²) in [6.45, 7) is 2.27. The van der Waals surface area contributed by atoms with E-state index in [1.54, 1.807) is 11.3 Å². The van der Waals surface area contributed by atoms with Crippen molar-refractivity contribution in [1.29, 1.82) is 0 Å². The molecule has 1 N–H and O–H groups in total. The van der Waals surface area contributed by atoms with Gasteiger partial charge in [0.25, 0.3) is 0 Å². The molecule has 2 heteroatoms. The summed E-state index contributed by atoms with van der Waals surface area (Å²) in [6, 6.07) is 8.33. The lowest BCUT2D eigenvalue weighted by atomic mass is 10.0. The summed E-state index contributed by atoms with van der Waals surface area (Å²) in [5.41, 5.74) is 1.27. The third kappa shape index (κ3) is 1.47. The Hall–Kier alpha value is -0.860. The molecule has 0 bridgehead atoms. The quantitative estimate of drug-likeness (QED) is 0.775. The van der Waals surface area contributed by atoms with Crippen molar-refractivity contribution in [2.45, 2.75) is 12.8 Å². The Balaban J connectivity index is 2.57. The summed E-state index contributed by atoms with van der Waals surface area (Å²) in [4.78, 5) is 0. The first kappa shape index (κ1) is 8.73. The van der Waals surface area contributed by atoms with Crippen molar-refractivity contribution >= 4 is 21.4 Å². The number of hydrogen-bond acceptors (Lipinski definition) is 2. The van der Waals surface area contributed by atoms with Crippen LogP contribution in [-0.4, -0.2) is 11.7 Å². The van der Waals surface area contributed by atoms with Crippen LogP contribution in [0.4, 0.5) is 0 Å². The molecule has 0 aliphatic heterocycles. The molecule has 2 rings (SSSR count). The standard InChI is InChI=1S/C11H12OS/c1-8(6-12)10-7-13-11-5-3-2-4-9(10)11/h2-5,7-8,12H,6H2,1H3/t8-/m0/s1. The van der Waals surface area contributed by atoms with Gasteiger partial charge in [0.1, 0.15) is 0 Å². The van der Waals surface area contributed by atoms with Crippen LogP contribution in [0.15, 0.2) is 29.6 Å². The lowest BCUT2D eigenvalue weighted by Gasteiger charge is -2.05. The predicted octanol–water partition coefficient (Wildman–Crippen LogP) is 3.00. The van der Waals surface area contributed by atoms with E-state index < -0.39 is 0 Å². The molecule has 1 atom stereocenters. The normalized spacial score (nSPS) is 13.4. The average molecular weight is 192 g/mol. The minimum Gasteiger partial charge on any atom is -0.396 e. The van der Waals surface area contributed by atoms with E-state index in [1.165, 1.54) is 15.6 Å². The predicted molar refractivity (Wildman–Crippen MR) is 57.3 cm³/mol. The number of aliphatic hydroxyl groups is 1. The monoisotopic (exact) mass is 192 g/mol. The maximum atomic E-state index is 9.07. The van der Waals surface area contributed by atoms with Crippen LogP contribution < -0.4 is 0 Å². The first-order valence-corrected chi connectivity index (χ1v) is 5.28. The van der Waals surface area contributed by atoms with Gasteiger partial charge >= 0.3 is 0 Å². The van der Waals surface area contributed by atoms with Crippen LogP contribution in [-0.2, 0) is 0 Å². The van der Waals surface area contributed by atoms with E-state index in [4.69, 9.17) is 5.11 Å². The first-order chi connectivity index (χ1) is 6.33. The second-order valence-electron chi connectivity index (χ2n) is 3.27. The fourth-order valence-corrected chi connectivity index (χ4v) is 2.56. The summed E-state index contributed by atoms with van der Waals surface area (Å²) in [6.07, 6.45) is 0. The van der Waals surface area contributed by atoms with E-state index in [0.29, 0.717) is 0 Å². The fraction of sp³-hybridized carbons (Fsp3) is 0.273. The molecule has 1 aromatic heterocycles. The van der Waals surface area contributed by atoms with Crippen molar-refractivity contribution in [3.05, 3.63) is 35.2 Å². The average Bonchev–Trinajstić information content (AvgIpc) is 2.60. The van der Waals surface area contributed by atoms with Gasteiger partial charge in [0.15, 0.2) is 0 Å². The molecule has 0 aliphatic carbocycles. The maximum absolute atomic E-state index is 9.07. The molecule has 0 saturated carbocycles. The Morgan fingerprint density at radius 3 is 2.92 bits per heavy atom. The van der Waals surface area contributed by atoms with E-state index in [0.717, 1.165) is 0 Å². The number of thiophene rings is 1. The topological polar surface area (TPSA) is 20.2 Å². The smallest absolute Gasteiger partial charge is 0.0497 e. The zero-order valence-electron chi connectivity index (χ0n) is 7.53. The maximum Gasteiger partial charge on any atom is 0.0497 e. The molecule has 1 heterocycles. The molecule has 0 fully saturated rings. The Morgan fingerprint density at radius 1 is 1.38 bits per heavy atom. The third-order valence-electron chi connectivity index (χ3n) is 2.32. The lowest BCUT2D eigenvalue weighted by Crippen LogP contribution is -1.96. The molecular weight excluding hydrogens is 180 g/mol. The van der Waals surface area contributed by atoms with Gasteiger partial charge in [0.05, 0.1) is 0 Å². The number of benzene rings is 1. The van der Waals surface area contributed by atoms with Gasteiger partial charge in [-0.05, 0) is 22.4 Å². The number of hydrogen-bond donors (Lipinski definition) is 1. The Labute approximate surface area is 81.6 Å². The molecule has 1 nitrogen and oxygen atoms in total. The summed E-state index contributed by atoms with van der Waals surface area (Å²) >= 11 is 1.75. The molecule has 13 heavy (non-hydrogen) atoms. The largest absolute Gasteiger partial charge is 0.396 e. The molecule has 0 amide bonds. The van der Waals surface area contributed by atoms with Gasteiger partial charge in [0, 0.05) is 17.2 Å². The highest BCUT2D eigenvalue weighted by atomic mass is 32.1. The number of fused-ring (bicyclic) bond motifs is 1. The SMILES string of the molecule is C[C@@H](CO)c1csc2ccccc12. The Morgan fingerprint density at radius 2 is 2.15 bits per heavy atom. The second kappa shape index (κ2) is 3.48. The second-order valence-corrected chi connectivity index (χ2v) is 4.18. The Kier molecular flexibility index (Phi) is 2.34. The van der Waals surface area contributed by atoms with E-state index in [-0.39, 0.29) is 12.5 Å². The van der Waals surface area contributed by atoms with Crippen molar-refractivity contribution in [1.82, 2.24) is 0 Å². The van der Waals surface area contributed by atoms with Crippen LogP contribution in [0.1, 0.15) is 18.4 Å². The van der Waals surface area contributed by atoms with Gasteiger partial charge in [-0.1, -0.05) is 25.1 Å². The van der Waals surface area contributed by atoms with Crippen molar-refractivity contribution in [3.63, 3.8) is 0 Å². The van der Waals surface area contributed by atoms with Crippen LogP contribution in [0.2, 0.25) is 0 Å². The van der Waals surface area contributed by atoms with E-state index >= 15 is 0 Å². The highest BCUT2D eigenvalue weighted by Crippen LogP contribution is 2.30. The van der Waals surface area contributed by atoms with Gasteiger partial charge in [-0.15, -0.1) is 11.3 Å². The molecule has 2 aromatic rings. The lowest BCUT2D eigenvalue weighted by molar-refractivity contribution is 0.274. The van der Waals surface area contributed by atoms with Gasteiger partial charge in [0.2, 0.25) is 0 Å². The molecule has 0 saturated heterocycles. The van der Waals surface area contributed by atoms with Crippen molar-refractivity contribution in [2.75, 3.05) is 6.61 Å².